The molecule has 0 radical (unpaired) electrons. The Bertz CT molecular complexity index is 508. The van der Waals surface area contributed by atoms with Crippen LogP contribution in [-0.4, -0.2) is 22.1 Å². The Kier molecular flexibility index (Phi) is 3.76. The van der Waals surface area contributed by atoms with Gasteiger partial charge in [-0.3, -0.25) is 4.79 Å². The van der Waals surface area contributed by atoms with E-state index in [0.29, 0.717) is 6.07 Å². The molecule has 0 spiro atoms. The van der Waals surface area contributed by atoms with Gasteiger partial charge in [-0.15, -0.1) is 0 Å². The number of hydrogen-bond acceptors (Lipinski definition) is 4. The Morgan fingerprint density at radius 2 is 2.17 bits per heavy atom. The number of carboxylic acids is 1. The van der Waals surface area contributed by atoms with Crippen LogP contribution in [0.15, 0.2) is 12.1 Å². The van der Waals surface area contributed by atoms with Crippen molar-refractivity contribution in [1.82, 2.24) is 4.98 Å². The number of nitrogens with zero attached hydrogens (tertiary/aromatic N) is 2. The number of alkyl halides is 3. The van der Waals surface area contributed by atoms with Crippen molar-refractivity contribution in [3.05, 3.63) is 23.4 Å². The molecule has 1 aromatic heterocycles. The van der Waals surface area contributed by atoms with Gasteiger partial charge in [0.25, 0.3) is 0 Å². The number of nitriles is 1. The minimum absolute atomic E-state index is 0.156. The van der Waals surface area contributed by atoms with Crippen molar-refractivity contribution in [1.29, 1.82) is 5.26 Å². The maximum Gasteiger partial charge on any atom is 0.433 e. The summed E-state index contributed by atoms with van der Waals surface area (Å²) in [6, 6.07) is 2.07. The van der Waals surface area contributed by atoms with Gasteiger partial charge in [0.1, 0.15) is 23.6 Å². The average Bonchev–Trinajstić information content (AvgIpc) is 2.27. The van der Waals surface area contributed by atoms with Gasteiger partial charge < -0.3 is 10.4 Å². The lowest BCUT2D eigenvalue weighted by molar-refractivity contribution is -0.141. The van der Waals surface area contributed by atoms with Crippen LogP contribution in [0.2, 0.25) is 0 Å². The molecular formula is C10H8F3N3O2. The molecule has 1 unspecified atom stereocenters. The zero-order valence-electron chi connectivity index (χ0n) is 9.12. The Morgan fingerprint density at radius 3 is 2.61 bits per heavy atom. The molecule has 1 aromatic rings. The summed E-state index contributed by atoms with van der Waals surface area (Å²) in [5.74, 6) is -1.67. The summed E-state index contributed by atoms with van der Waals surface area (Å²) in [5, 5.41) is 19.6. The first-order valence-electron chi connectivity index (χ1n) is 4.73. The Labute approximate surface area is 99.9 Å². The molecule has 0 fully saturated rings. The molecule has 0 aliphatic rings. The Morgan fingerprint density at radius 1 is 1.56 bits per heavy atom. The molecule has 1 rings (SSSR count). The smallest absolute Gasteiger partial charge is 0.433 e. The lowest BCUT2D eigenvalue weighted by Crippen LogP contribution is -2.27. The average molecular weight is 259 g/mol. The minimum atomic E-state index is -4.66. The van der Waals surface area contributed by atoms with Gasteiger partial charge in [-0.05, 0) is 19.1 Å². The van der Waals surface area contributed by atoms with Gasteiger partial charge in [-0.1, -0.05) is 0 Å². The Balaban J connectivity index is 3.16. The number of carboxylic acid groups (broad SMARTS) is 1. The first-order valence-corrected chi connectivity index (χ1v) is 4.73. The van der Waals surface area contributed by atoms with Crippen LogP contribution >= 0.6 is 0 Å². The van der Waals surface area contributed by atoms with Crippen LogP contribution in [0.4, 0.5) is 19.0 Å². The predicted octanol–water partition coefficient (Wildman–Crippen LogP) is 1.86. The molecule has 0 aliphatic carbocycles. The van der Waals surface area contributed by atoms with E-state index in [0.717, 1.165) is 6.07 Å². The number of hydrogen-bond donors (Lipinski definition) is 2. The summed E-state index contributed by atoms with van der Waals surface area (Å²) in [7, 11) is 0. The molecule has 0 bridgehead atoms. The highest BCUT2D eigenvalue weighted by molar-refractivity contribution is 5.77. The molecule has 0 saturated heterocycles. The van der Waals surface area contributed by atoms with Crippen molar-refractivity contribution in [2.24, 2.45) is 0 Å². The monoisotopic (exact) mass is 259 g/mol. The molecular weight excluding hydrogens is 251 g/mol. The summed E-state index contributed by atoms with van der Waals surface area (Å²) < 4.78 is 37.2. The zero-order chi connectivity index (χ0) is 13.9. The minimum Gasteiger partial charge on any atom is -0.480 e. The summed E-state index contributed by atoms with van der Waals surface area (Å²) in [6.07, 6.45) is -4.66. The van der Waals surface area contributed by atoms with Crippen molar-refractivity contribution in [2.45, 2.75) is 19.1 Å². The molecule has 96 valence electrons. The van der Waals surface area contributed by atoms with Crippen molar-refractivity contribution >= 4 is 11.8 Å². The van der Waals surface area contributed by atoms with E-state index in [1.54, 1.807) is 6.07 Å². The van der Waals surface area contributed by atoms with Gasteiger partial charge in [-0.25, -0.2) is 4.98 Å². The molecule has 18 heavy (non-hydrogen) atoms. The van der Waals surface area contributed by atoms with Crippen molar-refractivity contribution in [3.8, 4) is 6.07 Å². The molecule has 2 N–H and O–H groups in total. The summed E-state index contributed by atoms with van der Waals surface area (Å²) in [6.45, 7) is 1.23. The quantitative estimate of drug-likeness (QED) is 0.865. The van der Waals surface area contributed by atoms with E-state index >= 15 is 0 Å². The molecule has 1 atom stereocenters. The van der Waals surface area contributed by atoms with Crippen LogP contribution < -0.4 is 5.32 Å². The van der Waals surface area contributed by atoms with Gasteiger partial charge in [0.15, 0.2) is 0 Å². The number of halogens is 3. The van der Waals surface area contributed by atoms with Crippen LogP contribution in [0.1, 0.15) is 18.2 Å². The topological polar surface area (TPSA) is 86.0 Å². The number of pyridine rings is 1. The highest BCUT2D eigenvalue weighted by Crippen LogP contribution is 2.29. The van der Waals surface area contributed by atoms with Crippen molar-refractivity contribution in [2.75, 3.05) is 5.32 Å². The number of aromatic nitrogens is 1. The van der Waals surface area contributed by atoms with Crippen LogP contribution in [-0.2, 0) is 11.0 Å². The summed E-state index contributed by atoms with van der Waals surface area (Å²) >= 11 is 0. The molecule has 0 amide bonds. The van der Waals surface area contributed by atoms with Gasteiger partial charge in [0, 0.05) is 0 Å². The lowest BCUT2D eigenvalue weighted by atomic mass is 10.2. The van der Waals surface area contributed by atoms with E-state index in [4.69, 9.17) is 10.4 Å². The first-order chi connectivity index (χ1) is 8.25. The third-order valence-electron chi connectivity index (χ3n) is 2.03. The van der Waals surface area contributed by atoms with Crippen molar-refractivity contribution in [3.63, 3.8) is 0 Å². The van der Waals surface area contributed by atoms with E-state index in [9.17, 15) is 18.0 Å². The number of nitrogens with one attached hydrogen (secondary N) is 1. The molecule has 8 heteroatoms. The maximum absolute atomic E-state index is 12.4. The molecule has 5 nitrogen and oxygen atoms in total. The van der Waals surface area contributed by atoms with E-state index in [1.165, 1.54) is 6.92 Å². The number of aliphatic carboxylic acids is 1. The predicted molar refractivity (Wildman–Crippen MR) is 54.7 cm³/mol. The van der Waals surface area contributed by atoms with E-state index in [-0.39, 0.29) is 5.56 Å². The van der Waals surface area contributed by atoms with Gasteiger partial charge >= 0.3 is 12.1 Å². The van der Waals surface area contributed by atoms with E-state index in [2.05, 4.69) is 10.3 Å². The maximum atomic E-state index is 12.4. The van der Waals surface area contributed by atoms with Crippen LogP contribution in [0.3, 0.4) is 0 Å². The van der Waals surface area contributed by atoms with Crippen LogP contribution in [0.25, 0.3) is 0 Å². The normalized spacial score (nSPS) is 12.6. The Hall–Kier alpha value is -2.30. The SMILES string of the molecule is CC(Nc1nc(C(F)(F)F)ccc1C#N)C(=O)O. The second kappa shape index (κ2) is 4.91. The standard InChI is InChI=1S/C10H8F3N3O2/c1-5(9(17)18)15-8-6(4-14)2-3-7(16-8)10(11,12)13/h2-3,5H,1H3,(H,15,16)(H,17,18). The number of anilines is 1. The third kappa shape index (κ3) is 3.10. The molecule has 1 heterocycles. The number of rotatable bonds is 3. The summed E-state index contributed by atoms with van der Waals surface area (Å²) in [5.41, 5.74) is -1.35. The van der Waals surface area contributed by atoms with Crippen molar-refractivity contribution < 1.29 is 23.1 Å². The molecule has 0 saturated carbocycles. The van der Waals surface area contributed by atoms with Crippen LogP contribution in [0, 0.1) is 11.3 Å². The fourth-order valence-electron chi connectivity index (χ4n) is 1.08. The zero-order valence-corrected chi connectivity index (χ0v) is 9.12. The van der Waals surface area contributed by atoms with E-state index in [1.807, 2.05) is 0 Å². The molecule has 0 aromatic carbocycles. The number of carbonyl (C=O) groups is 1. The highest BCUT2D eigenvalue weighted by atomic mass is 19.4. The van der Waals surface area contributed by atoms with Gasteiger partial charge in [0.2, 0.25) is 0 Å². The first kappa shape index (κ1) is 13.8. The largest absolute Gasteiger partial charge is 0.480 e. The van der Waals surface area contributed by atoms with Gasteiger partial charge in [0.05, 0.1) is 5.56 Å². The second-order valence-corrected chi connectivity index (χ2v) is 3.41. The van der Waals surface area contributed by atoms with Crippen LogP contribution in [0.5, 0.6) is 0 Å². The lowest BCUT2D eigenvalue weighted by Gasteiger charge is -2.13. The summed E-state index contributed by atoms with van der Waals surface area (Å²) in [4.78, 5) is 13.8. The van der Waals surface area contributed by atoms with Gasteiger partial charge in [-0.2, -0.15) is 18.4 Å². The fraction of sp³-hybridized carbons (Fsp3) is 0.300. The molecule has 0 aliphatic heterocycles. The third-order valence-corrected chi connectivity index (χ3v) is 2.03. The second-order valence-electron chi connectivity index (χ2n) is 3.41. The van der Waals surface area contributed by atoms with E-state index < -0.39 is 29.7 Å². The highest BCUT2D eigenvalue weighted by Gasteiger charge is 2.33. The fourth-order valence-corrected chi connectivity index (χ4v) is 1.08.